The van der Waals surface area contributed by atoms with Crippen LogP contribution in [0.15, 0.2) is 52.9 Å². The van der Waals surface area contributed by atoms with Crippen LogP contribution < -0.4 is 14.8 Å². The number of para-hydroxylation sites is 1. The lowest BCUT2D eigenvalue weighted by atomic mass is 10.1. The maximum Gasteiger partial charge on any atom is 0.234 e. The number of hydrogen-bond donors (Lipinski definition) is 1. The number of hydrogen-bond acceptors (Lipinski definition) is 5. The summed E-state index contributed by atoms with van der Waals surface area (Å²) >= 11 is 0. The van der Waals surface area contributed by atoms with Crippen LogP contribution in [0.2, 0.25) is 0 Å². The lowest BCUT2D eigenvalue weighted by Crippen LogP contribution is -2.36. The number of nitrogens with zero attached hydrogens (tertiary/aromatic N) is 1. The molecule has 2 aromatic carbocycles. The highest BCUT2D eigenvalue weighted by molar-refractivity contribution is 5.80. The Balaban J connectivity index is 1.58. The molecule has 1 N–H and O–H groups in total. The number of nitrogens with one attached hydrogen (secondary N) is 1. The Kier molecular flexibility index (Phi) is 6.21. The highest BCUT2D eigenvalue weighted by Crippen LogP contribution is 2.26. The van der Waals surface area contributed by atoms with E-state index in [1.54, 1.807) is 14.2 Å². The third kappa shape index (κ3) is 4.64. The molecule has 0 bridgehead atoms. The number of rotatable bonds is 8. The number of methoxy groups -OCH3 is 2. The van der Waals surface area contributed by atoms with Gasteiger partial charge in [-0.2, -0.15) is 0 Å². The summed E-state index contributed by atoms with van der Waals surface area (Å²) in [6.45, 7) is 2.77. The van der Waals surface area contributed by atoms with E-state index in [-0.39, 0.29) is 18.5 Å². The molecule has 0 saturated heterocycles. The molecule has 6 heteroatoms. The van der Waals surface area contributed by atoms with Gasteiger partial charge in [0.05, 0.1) is 26.8 Å². The Morgan fingerprint density at radius 2 is 1.93 bits per heavy atom. The van der Waals surface area contributed by atoms with Gasteiger partial charge in [-0.3, -0.25) is 9.69 Å². The fourth-order valence-corrected chi connectivity index (χ4v) is 3.15. The monoisotopic (exact) mass is 382 g/mol. The van der Waals surface area contributed by atoms with E-state index in [1.807, 2.05) is 67.4 Å². The van der Waals surface area contributed by atoms with Crippen molar-refractivity contribution >= 4 is 16.9 Å². The largest absolute Gasteiger partial charge is 0.497 e. The van der Waals surface area contributed by atoms with E-state index in [4.69, 9.17) is 13.9 Å². The molecule has 0 spiro atoms. The summed E-state index contributed by atoms with van der Waals surface area (Å²) in [7, 11) is 5.14. The molecule has 6 nitrogen and oxygen atoms in total. The maximum atomic E-state index is 12.5. The molecule has 28 heavy (non-hydrogen) atoms. The van der Waals surface area contributed by atoms with Crippen LogP contribution in [0.4, 0.5) is 0 Å². The van der Waals surface area contributed by atoms with Crippen LogP contribution in [0, 0.1) is 0 Å². The fourth-order valence-electron chi connectivity index (χ4n) is 3.15. The summed E-state index contributed by atoms with van der Waals surface area (Å²) in [5, 5.41) is 4.02. The van der Waals surface area contributed by atoms with Crippen LogP contribution >= 0.6 is 0 Å². The van der Waals surface area contributed by atoms with E-state index >= 15 is 0 Å². The normalized spacial score (nSPS) is 12.2. The van der Waals surface area contributed by atoms with Crippen LogP contribution in [0.5, 0.6) is 11.5 Å². The smallest absolute Gasteiger partial charge is 0.234 e. The SMILES string of the molecule is COc1ccc(CN(C)CC(=O)N[C@H](C)c2cc3ccccc3o2)c(OC)c1. The standard InChI is InChI=1S/C22H26N2O4/c1-15(20-11-16-7-5-6-8-19(16)28-20)23-22(25)14-24(2)13-17-9-10-18(26-3)12-21(17)27-4/h5-12,15H,13-14H2,1-4H3,(H,23,25)/t15-/m1/s1. The highest BCUT2D eigenvalue weighted by atomic mass is 16.5. The molecular weight excluding hydrogens is 356 g/mol. The van der Waals surface area contributed by atoms with E-state index in [0.717, 1.165) is 33.8 Å². The first-order valence-corrected chi connectivity index (χ1v) is 9.17. The van der Waals surface area contributed by atoms with Crippen molar-refractivity contribution in [3.63, 3.8) is 0 Å². The maximum absolute atomic E-state index is 12.5. The third-order valence-corrected chi connectivity index (χ3v) is 4.60. The quantitative estimate of drug-likeness (QED) is 0.643. The molecule has 0 aliphatic rings. The molecule has 0 fully saturated rings. The Morgan fingerprint density at radius 1 is 1.14 bits per heavy atom. The average molecular weight is 382 g/mol. The van der Waals surface area contributed by atoms with E-state index in [1.165, 1.54) is 0 Å². The van der Waals surface area contributed by atoms with E-state index in [0.29, 0.717) is 6.54 Å². The molecule has 148 valence electrons. The number of likely N-dealkylation sites (N-methyl/N-ethyl adjacent to an activating group) is 1. The number of fused-ring (bicyclic) bond motifs is 1. The number of benzene rings is 2. The zero-order valence-corrected chi connectivity index (χ0v) is 16.7. The second-order valence-electron chi connectivity index (χ2n) is 6.83. The first-order chi connectivity index (χ1) is 13.5. The van der Waals surface area contributed by atoms with Gasteiger partial charge in [-0.05, 0) is 32.2 Å². The number of furan rings is 1. The first-order valence-electron chi connectivity index (χ1n) is 9.17. The molecule has 1 heterocycles. The topological polar surface area (TPSA) is 63.9 Å². The van der Waals surface area contributed by atoms with Gasteiger partial charge in [-0.15, -0.1) is 0 Å². The van der Waals surface area contributed by atoms with Crippen LogP contribution in [-0.4, -0.2) is 38.6 Å². The van der Waals surface area contributed by atoms with Gasteiger partial charge in [0.15, 0.2) is 0 Å². The van der Waals surface area contributed by atoms with E-state index in [2.05, 4.69) is 5.32 Å². The van der Waals surface area contributed by atoms with Crippen molar-refractivity contribution in [3.8, 4) is 11.5 Å². The lowest BCUT2D eigenvalue weighted by Gasteiger charge is -2.19. The molecule has 0 aliphatic heterocycles. The third-order valence-electron chi connectivity index (χ3n) is 4.60. The Hall–Kier alpha value is -2.99. The lowest BCUT2D eigenvalue weighted by molar-refractivity contribution is -0.122. The fraction of sp³-hybridized carbons (Fsp3) is 0.318. The summed E-state index contributed by atoms with van der Waals surface area (Å²) < 4.78 is 16.5. The first kappa shape index (κ1) is 19.8. The van der Waals surface area contributed by atoms with Crippen molar-refractivity contribution < 1.29 is 18.7 Å². The van der Waals surface area contributed by atoms with Gasteiger partial charge in [-0.25, -0.2) is 0 Å². The minimum atomic E-state index is -0.205. The summed E-state index contributed by atoms with van der Waals surface area (Å²) in [4.78, 5) is 14.4. The van der Waals surface area contributed by atoms with Crippen molar-refractivity contribution in [1.29, 1.82) is 0 Å². The van der Waals surface area contributed by atoms with Crippen LogP contribution in [0.25, 0.3) is 11.0 Å². The van der Waals surface area contributed by atoms with Crippen molar-refractivity contribution in [3.05, 3.63) is 59.9 Å². The summed E-state index contributed by atoms with van der Waals surface area (Å²) in [6.07, 6.45) is 0. The van der Waals surface area contributed by atoms with Crippen molar-refractivity contribution in [2.75, 3.05) is 27.8 Å². The Labute approximate surface area is 165 Å². The minimum absolute atomic E-state index is 0.0667. The van der Waals surface area contributed by atoms with Gasteiger partial charge in [0.2, 0.25) is 5.91 Å². The van der Waals surface area contributed by atoms with Crippen molar-refractivity contribution in [2.24, 2.45) is 0 Å². The van der Waals surface area contributed by atoms with Crippen molar-refractivity contribution in [2.45, 2.75) is 19.5 Å². The number of amides is 1. The number of carbonyl (C=O) groups excluding carboxylic acids is 1. The summed E-state index contributed by atoms with van der Waals surface area (Å²) in [6, 6.07) is 15.2. The molecular formula is C22H26N2O4. The molecule has 0 unspecified atom stereocenters. The molecule has 1 aromatic heterocycles. The van der Waals surface area contributed by atoms with E-state index < -0.39 is 0 Å². The highest BCUT2D eigenvalue weighted by Gasteiger charge is 2.16. The number of ether oxygens (including phenoxy) is 2. The van der Waals surface area contributed by atoms with Crippen molar-refractivity contribution in [1.82, 2.24) is 10.2 Å². The molecule has 1 atom stereocenters. The van der Waals surface area contributed by atoms with Gasteiger partial charge in [0.1, 0.15) is 22.8 Å². The molecule has 3 aromatic rings. The van der Waals surface area contributed by atoms with Crippen LogP contribution in [0.3, 0.4) is 0 Å². The van der Waals surface area contributed by atoms with Gasteiger partial charge in [0.25, 0.3) is 0 Å². The minimum Gasteiger partial charge on any atom is -0.497 e. The predicted octanol–water partition coefficient (Wildman–Crippen LogP) is 3.76. The summed E-state index contributed by atoms with van der Waals surface area (Å²) in [5.74, 6) is 2.15. The average Bonchev–Trinajstić information content (AvgIpc) is 3.12. The second-order valence-corrected chi connectivity index (χ2v) is 6.83. The zero-order chi connectivity index (χ0) is 20.1. The zero-order valence-electron chi connectivity index (χ0n) is 16.7. The Morgan fingerprint density at radius 3 is 2.64 bits per heavy atom. The van der Waals surface area contributed by atoms with Crippen LogP contribution in [0.1, 0.15) is 24.3 Å². The molecule has 0 saturated carbocycles. The van der Waals surface area contributed by atoms with Gasteiger partial charge in [-0.1, -0.05) is 24.3 Å². The number of carbonyl (C=O) groups is 1. The van der Waals surface area contributed by atoms with Gasteiger partial charge >= 0.3 is 0 Å². The van der Waals surface area contributed by atoms with Gasteiger partial charge in [0, 0.05) is 23.6 Å². The molecule has 3 rings (SSSR count). The molecule has 0 aliphatic carbocycles. The van der Waals surface area contributed by atoms with Gasteiger partial charge < -0.3 is 19.2 Å². The summed E-state index contributed by atoms with van der Waals surface area (Å²) in [5.41, 5.74) is 1.81. The van der Waals surface area contributed by atoms with Crippen LogP contribution in [-0.2, 0) is 11.3 Å². The second kappa shape index (κ2) is 8.80. The molecule has 0 radical (unpaired) electrons. The van der Waals surface area contributed by atoms with E-state index in [9.17, 15) is 4.79 Å². The predicted molar refractivity (Wildman–Crippen MR) is 109 cm³/mol. The molecule has 1 amide bonds. The Bertz CT molecular complexity index is 918.